The van der Waals surface area contributed by atoms with Crippen LogP contribution in [0.1, 0.15) is 53.7 Å². The lowest BCUT2D eigenvalue weighted by molar-refractivity contribution is -0.143. The fraction of sp³-hybridized carbons (Fsp3) is 0.348. The summed E-state index contributed by atoms with van der Waals surface area (Å²) >= 11 is 5.99. The molecule has 0 bridgehead atoms. The minimum Gasteiger partial charge on any atom is -0.466 e. The number of aromatic nitrogens is 2. The summed E-state index contributed by atoms with van der Waals surface area (Å²) in [5.74, 6) is -0.956. The molecular formula is C23H23ClN2O5S. The van der Waals surface area contributed by atoms with E-state index in [-0.39, 0.29) is 41.2 Å². The highest BCUT2D eigenvalue weighted by Crippen LogP contribution is 2.41. The molecule has 0 saturated carbocycles. The van der Waals surface area contributed by atoms with Crippen LogP contribution in [0.2, 0.25) is 5.02 Å². The molecule has 0 N–H and O–H groups in total. The third kappa shape index (κ3) is 4.04. The van der Waals surface area contributed by atoms with Crippen molar-refractivity contribution in [2.24, 2.45) is 0 Å². The first-order valence-corrected chi connectivity index (χ1v) is 12.7. The topological polar surface area (TPSA) is 95.3 Å². The fourth-order valence-corrected chi connectivity index (χ4v) is 5.44. The molecule has 0 radical (unpaired) electrons. The first-order valence-electron chi connectivity index (χ1n) is 10.4. The molecule has 1 aliphatic rings. The van der Waals surface area contributed by atoms with Crippen molar-refractivity contribution in [1.82, 2.24) is 9.55 Å². The van der Waals surface area contributed by atoms with Crippen molar-refractivity contribution < 1.29 is 22.7 Å². The number of rotatable bonds is 6. The lowest BCUT2D eigenvalue weighted by Gasteiger charge is -2.25. The van der Waals surface area contributed by atoms with Gasteiger partial charge in [0.15, 0.2) is 15.6 Å². The van der Waals surface area contributed by atoms with E-state index in [2.05, 4.69) is 4.98 Å². The van der Waals surface area contributed by atoms with E-state index >= 15 is 0 Å². The normalized spacial score (nSPS) is 16.0. The molecule has 0 saturated heterocycles. The summed E-state index contributed by atoms with van der Waals surface area (Å²) in [6.07, 6.45) is 4.13. The molecule has 168 valence electrons. The Kier molecular flexibility index (Phi) is 6.09. The number of esters is 1. The summed E-state index contributed by atoms with van der Waals surface area (Å²) in [5, 5.41) is 0.796. The summed E-state index contributed by atoms with van der Waals surface area (Å²) in [7, 11) is -3.64. The number of carbonyl (C=O) groups is 2. The molecule has 0 amide bonds. The maximum absolute atomic E-state index is 13.7. The molecule has 1 aliphatic heterocycles. The summed E-state index contributed by atoms with van der Waals surface area (Å²) in [6.45, 7) is 2.59. The molecule has 0 fully saturated rings. The first-order chi connectivity index (χ1) is 15.2. The number of benzene rings is 1. The van der Waals surface area contributed by atoms with Crippen LogP contribution < -0.4 is 0 Å². The largest absolute Gasteiger partial charge is 0.466 e. The van der Waals surface area contributed by atoms with E-state index < -0.39 is 9.84 Å². The zero-order valence-electron chi connectivity index (χ0n) is 17.8. The van der Waals surface area contributed by atoms with Crippen LogP contribution in [0.25, 0.3) is 11.0 Å². The second kappa shape index (κ2) is 8.67. The number of carbonyl (C=O) groups excluding carboxylic acids is 2. The van der Waals surface area contributed by atoms with Crippen molar-refractivity contribution in [2.45, 2.75) is 43.5 Å². The molecule has 1 unspecified atom stereocenters. The van der Waals surface area contributed by atoms with Crippen molar-refractivity contribution in [3.8, 4) is 0 Å². The number of fused-ring (bicyclic) bond motifs is 3. The molecule has 2 aromatic heterocycles. The highest BCUT2D eigenvalue weighted by atomic mass is 35.5. The van der Waals surface area contributed by atoms with Crippen LogP contribution in [0.3, 0.4) is 0 Å². The number of hydrogen-bond acceptors (Lipinski definition) is 6. The van der Waals surface area contributed by atoms with Crippen LogP contribution in [-0.4, -0.2) is 42.6 Å². The Bertz CT molecular complexity index is 1310. The highest BCUT2D eigenvalue weighted by Gasteiger charge is 2.35. The van der Waals surface area contributed by atoms with Gasteiger partial charge in [-0.15, -0.1) is 0 Å². The Hall–Kier alpha value is -2.71. The molecule has 0 spiro atoms. The predicted molar refractivity (Wildman–Crippen MR) is 121 cm³/mol. The van der Waals surface area contributed by atoms with Crippen LogP contribution >= 0.6 is 11.6 Å². The second-order valence-electron chi connectivity index (χ2n) is 7.88. The van der Waals surface area contributed by atoms with Gasteiger partial charge >= 0.3 is 5.97 Å². The van der Waals surface area contributed by atoms with E-state index in [0.29, 0.717) is 40.3 Å². The van der Waals surface area contributed by atoms with E-state index in [1.165, 1.54) is 12.3 Å². The lowest BCUT2D eigenvalue weighted by atomic mass is 9.87. The SMILES string of the molecule is CCOC(=O)CC1CCCn2c1c(C(=O)c1ccc(Cl)cc1)c1c(S(C)(=O)=O)ccnc12. The van der Waals surface area contributed by atoms with Crippen LogP contribution in [-0.2, 0) is 25.9 Å². The van der Waals surface area contributed by atoms with Gasteiger partial charge in [-0.25, -0.2) is 13.4 Å². The quantitative estimate of drug-likeness (QED) is 0.393. The van der Waals surface area contributed by atoms with Gasteiger partial charge in [0.2, 0.25) is 0 Å². The van der Waals surface area contributed by atoms with Gasteiger partial charge in [-0.2, -0.15) is 0 Å². The zero-order valence-corrected chi connectivity index (χ0v) is 19.4. The Morgan fingerprint density at radius 2 is 1.94 bits per heavy atom. The summed E-state index contributed by atoms with van der Waals surface area (Å²) in [6, 6.07) is 7.87. The Morgan fingerprint density at radius 3 is 2.59 bits per heavy atom. The number of ether oxygens (including phenoxy) is 1. The van der Waals surface area contributed by atoms with Gasteiger partial charge < -0.3 is 9.30 Å². The van der Waals surface area contributed by atoms with Crippen LogP contribution in [0.15, 0.2) is 41.4 Å². The zero-order chi connectivity index (χ0) is 23.0. The van der Waals surface area contributed by atoms with Crippen LogP contribution in [0, 0.1) is 0 Å². The third-order valence-electron chi connectivity index (χ3n) is 5.72. The van der Waals surface area contributed by atoms with Gasteiger partial charge in [-0.3, -0.25) is 9.59 Å². The third-order valence-corrected chi connectivity index (χ3v) is 7.11. The van der Waals surface area contributed by atoms with E-state index in [4.69, 9.17) is 16.3 Å². The molecule has 3 aromatic rings. The van der Waals surface area contributed by atoms with Gasteiger partial charge in [-0.05, 0) is 50.1 Å². The number of halogens is 1. The molecule has 9 heteroatoms. The van der Waals surface area contributed by atoms with Gasteiger partial charge in [0.05, 0.1) is 23.5 Å². The van der Waals surface area contributed by atoms with Crippen molar-refractivity contribution >= 4 is 44.2 Å². The Balaban J connectivity index is 2.02. The van der Waals surface area contributed by atoms with Crippen LogP contribution in [0.4, 0.5) is 0 Å². The maximum atomic E-state index is 13.7. The number of hydrogen-bond donors (Lipinski definition) is 0. The number of ketones is 1. The molecular weight excluding hydrogens is 452 g/mol. The van der Waals surface area contributed by atoms with Gasteiger partial charge in [0.25, 0.3) is 0 Å². The van der Waals surface area contributed by atoms with Crippen molar-refractivity contribution in [2.75, 3.05) is 12.9 Å². The Labute approximate surface area is 191 Å². The number of nitrogens with zero attached hydrogens (tertiary/aromatic N) is 2. The molecule has 3 heterocycles. The Morgan fingerprint density at radius 1 is 1.22 bits per heavy atom. The molecule has 4 rings (SSSR count). The maximum Gasteiger partial charge on any atom is 0.306 e. The van der Waals surface area contributed by atoms with Gasteiger partial charge in [-0.1, -0.05) is 11.6 Å². The van der Waals surface area contributed by atoms with E-state index in [0.717, 1.165) is 12.7 Å². The van der Waals surface area contributed by atoms with Crippen LogP contribution in [0.5, 0.6) is 0 Å². The number of aryl methyl sites for hydroxylation is 1. The van der Waals surface area contributed by atoms with E-state index in [9.17, 15) is 18.0 Å². The monoisotopic (exact) mass is 474 g/mol. The molecule has 7 nitrogen and oxygen atoms in total. The molecule has 0 aliphatic carbocycles. The number of pyridine rings is 1. The minimum atomic E-state index is -3.64. The smallest absolute Gasteiger partial charge is 0.306 e. The molecule has 32 heavy (non-hydrogen) atoms. The average molecular weight is 475 g/mol. The minimum absolute atomic E-state index is 0.0524. The number of sulfone groups is 1. The summed E-state index contributed by atoms with van der Waals surface area (Å²) in [5.41, 5.74) is 1.75. The van der Waals surface area contributed by atoms with Crippen molar-refractivity contribution in [1.29, 1.82) is 0 Å². The average Bonchev–Trinajstić information content (AvgIpc) is 3.09. The fourth-order valence-electron chi connectivity index (χ4n) is 4.44. The predicted octanol–water partition coefficient (Wildman–Crippen LogP) is 4.15. The standard InChI is InChI=1S/C23H23ClN2O5S/c1-3-31-18(27)13-15-5-4-12-26-21(15)20(22(28)14-6-8-16(24)9-7-14)19-17(32(2,29)30)10-11-25-23(19)26/h6-11,15H,3-5,12-13H2,1-2H3. The lowest BCUT2D eigenvalue weighted by Crippen LogP contribution is -2.21. The van der Waals surface area contributed by atoms with E-state index in [1.54, 1.807) is 31.2 Å². The van der Waals surface area contributed by atoms with Gasteiger partial charge in [0, 0.05) is 46.6 Å². The van der Waals surface area contributed by atoms with E-state index in [1.807, 2.05) is 4.57 Å². The second-order valence-corrected chi connectivity index (χ2v) is 10.3. The summed E-state index contributed by atoms with van der Waals surface area (Å²) < 4.78 is 32.3. The first kappa shape index (κ1) is 22.5. The van der Waals surface area contributed by atoms with Crippen molar-refractivity contribution in [3.05, 3.63) is 58.4 Å². The van der Waals surface area contributed by atoms with Gasteiger partial charge in [0.1, 0.15) is 5.65 Å². The molecule has 1 atom stereocenters. The summed E-state index contributed by atoms with van der Waals surface area (Å²) in [4.78, 5) is 30.5. The molecule has 1 aromatic carbocycles. The highest BCUT2D eigenvalue weighted by molar-refractivity contribution is 7.91. The van der Waals surface area contributed by atoms with Crippen molar-refractivity contribution in [3.63, 3.8) is 0 Å².